The topological polar surface area (TPSA) is 178 Å². The first-order valence-corrected chi connectivity index (χ1v) is 11.7. The first-order chi connectivity index (χ1) is 14.7. The fourth-order valence-electron chi connectivity index (χ4n) is 3.45. The maximum Gasteiger partial charge on any atom is 0.570 e. The van der Waals surface area contributed by atoms with Gasteiger partial charge in [0.05, 0.1) is 0 Å². The molecule has 0 radical (unpaired) electrons. The minimum absolute atomic E-state index is 0.000308. The van der Waals surface area contributed by atoms with Crippen molar-refractivity contribution in [3.63, 3.8) is 0 Å². The predicted octanol–water partition coefficient (Wildman–Crippen LogP) is 0.842. The van der Waals surface area contributed by atoms with Crippen molar-refractivity contribution in [2.45, 2.75) is 34.6 Å². The molecular weight excluding hydrogens is 473 g/mol. The third-order valence-electron chi connectivity index (χ3n) is 4.79. The summed E-state index contributed by atoms with van der Waals surface area (Å²) in [6, 6.07) is 6.93. The average Bonchev–Trinajstić information content (AvgIpc) is 3.20. The van der Waals surface area contributed by atoms with Gasteiger partial charge in [-0.15, -0.1) is 4.52 Å². The van der Waals surface area contributed by atoms with Gasteiger partial charge in [-0.25, -0.2) is 4.98 Å². The zero-order valence-corrected chi connectivity index (χ0v) is 17.9. The third-order valence-corrected chi connectivity index (χ3v) is 7.02. The van der Waals surface area contributed by atoms with Crippen molar-refractivity contribution >= 4 is 48.6 Å². The molecule has 0 saturated carbocycles. The van der Waals surface area contributed by atoms with Gasteiger partial charge in [-0.3, -0.25) is 14.3 Å². The number of aromatic amines is 1. The highest BCUT2D eigenvalue weighted by Crippen LogP contribution is 2.59. The lowest BCUT2D eigenvalue weighted by atomic mass is 10.1. The van der Waals surface area contributed by atoms with Crippen LogP contribution in [0.5, 0.6) is 0 Å². The molecule has 2 aromatic heterocycles. The molecule has 0 amide bonds. The Bertz CT molecular complexity index is 1210. The largest absolute Gasteiger partial charge is 0.570 e. The number of benzene rings is 1. The molecule has 31 heavy (non-hydrogen) atoms. The number of imidazole rings is 1. The van der Waals surface area contributed by atoms with Gasteiger partial charge < -0.3 is 15.6 Å². The predicted molar refractivity (Wildman–Crippen MR) is 110 cm³/mol. The SMILES string of the molecule is Nc1nc2c(nc(Sc3ccc(Cl)cc3)n2[C@@H]2O[C@H]3CO[P+](O)(O)O[C@@H]3[C@H]2O)c(=O)[nH]1. The molecule has 0 spiro atoms. The Kier molecular flexibility index (Phi) is 5.20. The Morgan fingerprint density at radius 2 is 2.03 bits per heavy atom. The summed E-state index contributed by atoms with van der Waals surface area (Å²) < 4.78 is 17.3. The first-order valence-electron chi connectivity index (χ1n) is 8.94. The summed E-state index contributed by atoms with van der Waals surface area (Å²) in [5.74, 6) is -0.137. The summed E-state index contributed by atoms with van der Waals surface area (Å²) in [7, 11) is -4.06. The summed E-state index contributed by atoms with van der Waals surface area (Å²) in [5, 5.41) is 11.7. The molecule has 4 heterocycles. The van der Waals surface area contributed by atoms with E-state index in [4.69, 9.17) is 31.1 Å². The minimum Gasteiger partial charge on any atom is -0.385 e. The van der Waals surface area contributed by atoms with Crippen molar-refractivity contribution in [1.29, 1.82) is 0 Å². The van der Waals surface area contributed by atoms with Crippen molar-refractivity contribution in [3.8, 4) is 0 Å². The maximum atomic E-state index is 12.4. The number of ether oxygens (including phenoxy) is 1. The van der Waals surface area contributed by atoms with E-state index in [1.165, 1.54) is 16.3 Å². The number of rotatable bonds is 3. The number of anilines is 1. The highest BCUT2D eigenvalue weighted by Gasteiger charge is 2.60. The number of nitrogens with one attached hydrogen (secondary N) is 1. The number of H-pyrrole nitrogens is 1. The fourth-order valence-corrected chi connectivity index (χ4v) is 5.46. The van der Waals surface area contributed by atoms with Gasteiger partial charge in [0.1, 0.15) is 18.8 Å². The van der Waals surface area contributed by atoms with Gasteiger partial charge in [0.2, 0.25) is 5.95 Å². The van der Waals surface area contributed by atoms with E-state index in [9.17, 15) is 19.7 Å². The molecule has 15 heteroatoms. The van der Waals surface area contributed by atoms with E-state index in [1.54, 1.807) is 24.3 Å². The highest BCUT2D eigenvalue weighted by molar-refractivity contribution is 7.99. The second-order valence-electron chi connectivity index (χ2n) is 6.86. The Morgan fingerprint density at radius 1 is 1.29 bits per heavy atom. The summed E-state index contributed by atoms with van der Waals surface area (Å²) in [6.07, 6.45) is -4.29. The lowest BCUT2D eigenvalue weighted by Gasteiger charge is -2.24. The molecule has 164 valence electrons. The molecular formula is C16H16ClN5O7PS+. The van der Waals surface area contributed by atoms with E-state index in [0.717, 1.165) is 4.90 Å². The minimum atomic E-state index is -4.06. The van der Waals surface area contributed by atoms with E-state index in [0.29, 0.717) is 10.2 Å². The Hall–Kier alpha value is -1.80. The summed E-state index contributed by atoms with van der Waals surface area (Å²) in [5.41, 5.74) is 5.26. The third kappa shape index (κ3) is 3.82. The van der Waals surface area contributed by atoms with E-state index >= 15 is 0 Å². The van der Waals surface area contributed by atoms with Crippen LogP contribution in [0.2, 0.25) is 5.02 Å². The molecule has 3 aromatic rings. The number of aromatic nitrogens is 4. The molecule has 2 saturated heterocycles. The van der Waals surface area contributed by atoms with E-state index in [-0.39, 0.29) is 23.7 Å². The summed E-state index contributed by atoms with van der Waals surface area (Å²) in [6.45, 7) is -0.193. The van der Waals surface area contributed by atoms with Crippen LogP contribution in [0.25, 0.3) is 11.2 Å². The Balaban J connectivity index is 1.61. The van der Waals surface area contributed by atoms with Crippen molar-refractivity contribution in [3.05, 3.63) is 39.6 Å². The standard InChI is InChI=1S/C16H15ClN5O7PS/c17-6-1-3-7(4-2-6)31-16-19-9-12(20-15(18)21-13(9)24)22(16)14-10(23)11-8(28-14)5-27-30(25,26)29-11/h1-4,8,10-11,14,23,25-26H,5H2,(H2-,18,20,21,24)/p+1/t8-,10+,11-,14+/m0/s1. The lowest BCUT2D eigenvalue weighted by Crippen LogP contribution is -2.40. The average molecular weight is 489 g/mol. The van der Waals surface area contributed by atoms with Gasteiger partial charge in [-0.2, -0.15) is 19.3 Å². The number of aliphatic hydroxyl groups excluding tert-OH is 1. The smallest absolute Gasteiger partial charge is 0.385 e. The van der Waals surface area contributed by atoms with Crippen LogP contribution < -0.4 is 11.3 Å². The Labute approximate surface area is 183 Å². The van der Waals surface area contributed by atoms with Crippen molar-refractivity contribution in [1.82, 2.24) is 19.5 Å². The van der Waals surface area contributed by atoms with Crippen molar-refractivity contribution in [2.75, 3.05) is 12.3 Å². The second-order valence-corrected chi connectivity index (χ2v) is 9.78. The molecule has 5 rings (SSSR count). The zero-order chi connectivity index (χ0) is 21.9. The van der Waals surface area contributed by atoms with Gasteiger partial charge in [-0.1, -0.05) is 23.4 Å². The second kappa shape index (κ2) is 7.66. The number of nitrogens with two attached hydrogens (primary N) is 1. The molecule has 2 aliphatic rings. The van der Waals surface area contributed by atoms with Crippen LogP contribution in [0.3, 0.4) is 0 Å². The summed E-state index contributed by atoms with van der Waals surface area (Å²) in [4.78, 5) is 43.5. The molecule has 2 aliphatic heterocycles. The number of halogens is 1. The van der Waals surface area contributed by atoms with E-state index < -0.39 is 38.3 Å². The highest BCUT2D eigenvalue weighted by atomic mass is 35.5. The van der Waals surface area contributed by atoms with Crippen LogP contribution in [0, 0.1) is 0 Å². The van der Waals surface area contributed by atoms with Crippen LogP contribution in [-0.2, 0) is 13.8 Å². The monoisotopic (exact) mass is 488 g/mol. The number of hydrogen-bond acceptors (Lipinski definition) is 11. The van der Waals surface area contributed by atoms with Gasteiger partial charge in [-0.05, 0) is 24.3 Å². The molecule has 6 N–H and O–H groups in total. The van der Waals surface area contributed by atoms with E-state index in [2.05, 4.69) is 15.0 Å². The number of nitrogen functional groups attached to an aromatic ring is 1. The van der Waals surface area contributed by atoms with Gasteiger partial charge >= 0.3 is 8.17 Å². The number of hydrogen-bond donors (Lipinski definition) is 5. The van der Waals surface area contributed by atoms with E-state index in [1.807, 2.05) is 0 Å². The molecule has 2 fully saturated rings. The quantitative estimate of drug-likeness (QED) is 0.330. The van der Waals surface area contributed by atoms with Crippen molar-refractivity contribution < 1.29 is 28.7 Å². The van der Waals surface area contributed by atoms with Gasteiger partial charge in [0.15, 0.2) is 28.7 Å². The number of nitrogens with zero attached hydrogens (tertiary/aromatic N) is 3. The molecule has 0 aliphatic carbocycles. The normalized spacial score (nSPS) is 27.5. The molecule has 12 nitrogen and oxygen atoms in total. The van der Waals surface area contributed by atoms with Crippen LogP contribution >= 0.6 is 31.5 Å². The van der Waals surface area contributed by atoms with Crippen molar-refractivity contribution in [2.24, 2.45) is 0 Å². The van der Waals surface area contributed by atoms with Crippen LogP contribution in [0.1, 0.15) is 6.23 Å². The fraction of sp³-hybridized carbons (Fsp3) is 0.312. The number of aliphatic hydroxyl groups is 1. The van der Waals surface area contributed by atoms with Crippen LogP contribution in [-0.4, -0.2) is 59.3 Å². The molecule has 4 atom stereocenters. The lowest BCUT2D eigenvalue weighted by molar-refractivity contribution is -0.0763. The first kappa shape index (κ1) is 21.1. The number of fused-ring (bicyclic) bond motifs is 2. The molecule has 0 unspecified atom stereocenters. The van der Waals surface area contributed by atoms with Crippen LogP contribution in [0.15, 0.2) is 39.1 Å². The summed E-state index contributed by atoms with van der Waals surface area (Å²) >= 11 is 7.14. The molecule has 0 bridgehead atoms. The molecule has 1 aromatic carbocycles. The zero-order valence-electron chi connectivity index (χ0n) is 15.5. The van der Waals surface area contributed by atoms with Gasteiger partial charge in [0, 0.05) is 9.92 Å². The Morgan fingerprint density at radius 3 is 2.77 bits per heavy atom. The van der Waals surface area contributed by atoms with Gasteiger partial charge in [0.25, 0.3) is 5.56 Å². The van der Waals surface area contributed by atoms with Crippen LogP contribution in [0.4, 0.5) is 5.95 Å². The maximum absolute atomic E-state index is 12.4.